The Bertz CT molecular complexity index is 832. The summed E-state index contributed by atoms with van der Waals surface area (Å²) >= 11 is 5.75. The lowest BCUT2D eigenvalue weighted by atomic mass is 10.1. The molecular weight excluding hydrogens is 355 g/mol. The van der Waals surface area contributed by atoms with Gasteiger partial charge in [-0.2, -0.15) is 0 Å². The molecule has 0 N–H and O–H groups in total. The summed E-state index contributed by atoms with van der Waals surface area (Å²) in [5.41, 5.74) is 2.48. The fourth-order valence-corrected chi connectivity index (χ4v) is 3.23. The Morgan fingerprint density at radius 3 is 2.35 bits per heavy atom. The van der Waals surface area contributed by atoms with Crippen molar-refractivity contribution in [2.24, 2.45) is 0 Å². The molecule has 0 radical (unpaired) electrons. The minimum absolute atomic E-state index is 0.0659. The molecule has 0 bridgehead atoms. The molecule has 3 rings (SSSR count). The molecule has 136 valence electrons. The standard InChI is InChI=1S/C20H20ClFN2O2/c1-14-4-2-3-5-15(14)13-19(25)23-8-10-24(11-9-23)20(26)16-6-7-18(22)17(21)12-16/h2-7,12H,8-11,13H2,1H3. The molecule has 4 nitrogen and oxygen atoms in total. The normalized spacial score (nSPS) is 14.4. The van der Waals surface area contributed by atoms with Gasteiger partial charge in [0.05, 0.1) is 11.4 Å². The quantitative estimate of drug-likeness (QED) is 0.827. The average molecular weight is 375 g/mol. The second-order valence-corrected chi connectivity index (χ2v) is 6.81. The molecule has 2 amide bonds. The van der Waals surface area contributed by atoms with Gasteiger partial charge in [0.15, 0.2) is 0 Å². The van der Waals surface area contributed by atoms with Crippen molar-refractivity contribution in [2.45, 2.75) is 13.3 Å². The number of nitrogens with zero attached hydrogens (tertiary/aromatic N) is 2. The van der Waals surface area contributed by atoms with Crippen molar-refractivity contribution in [3.05, 3.63) is 70.0 Å². The van der Waals surface area contributed by atoms with Crippen LogP contribution in [-0.2, 0) is 11.2 Å². The third kappa shape index (κ3) is 4.05. The van der Waals surface area contributed by atoms with Crippen molar-refractivity contribution >= 4 is 23.4 Å². The van der Waals surface area contributed by atoms with Crippen LogP contribution in [0.3, 0.4) is 0 Å². The van der Waals surface area contributed by atoms with Gasteiger partial charge in [-0.25, -0.2) is 4.39 Å². The van der Waals surface area contributed by atoms with E-state index in [1.165, 1.54) is 18.2 Å². The van der Waals surface area contributed by atoms with Crippen molar-refractivity contribution in [2.75, 3.05) is 26.2 Å². The summed E-state index contributed by atoms with van der Waals surface area (Å²) in [5.74, 6) is -0.677. The van der Waals surface area contributed by atoms with Crippen LogP contribution in [0.2, 0.25) is 5.02 Å². The Kier molecular flexibility index (Phi) is 5.57. The first-order chi connectivity index (χ1) is 12.5. The number of hydrogen-bond donors (Lipinski definition) is 0. The molecule has 1 saturated heterocycles. The maximum atomic E-state index is 13.3. The summed E-state index contributed by atoms with van der Waals surface area (Å²) in [6.07, 6.45) is 0.369. The van der Waals surface area contributed by atoms with E-state index in [2.05, 4.69) is 0 Å². The molecule has 1 aliphatic rings. The second kappa shape index (κ2) is 7.87. The first kappa shape index (κ1) is 18.4. The zero-order valence-electron chi connectivity index (χ0n) is 14.5. The van der Waals surface area contributed by atoms with E-state index in [-0.39, 0.29) is 16.8 Å². The van der Waals surface area contributed by atoms with Crippen molar-refractivity contribution in [1.82, 2.24) is 9.80 Å². The molecule has 2 aromatic rings. The number of rotatable bonds is 3. The monoisotopic (exact) mass is 374 g/mol. The van der Waals surface area contributed by atoms with Gasteiger partial charge in [0, 0.05) is 31.7 Å². The number of aryl methyl sites for hydroxylation is 1. The summed E-state index contributed by atoms with van der Waals surface area (Å²) in [6.45, 7) is 3.88. The minimum atomic E-state index is -0.546. The van der Waals surface area contributed by atoms with Crippen molar-refractivity contribution in [3.8, 4) is 0 Å². The molecule has 1 fully saturated rings. The van der Waals surface area contributed by atoms with Crippen LogP contribution in [0.15, 0.2) is 42.5 Å². The van der Waals surface area contributed by atoms with Crippen LogP contribution in [0.4, 0.5) is 4.39 Å². The largest absolute Gasteiger partial charge is 0.339 e. The van der Waals surface area contributed by atoms with Crippen LogP contribution < -0.4 is 0 Å². The Labute approximate surface area is 157 Å². The van der Waals surface area contributed by atoms with Gasteiger partial charge in [0.25, 0.3) is 5.91 Å². The van der Waals surface area contributed by atoms with E-state index in [0.29, 0.717) is 38.2 Å². The van der Waals surface area contributed by atoms with E-state index in [4.69, 9.17) is 11.6 Å². The molecule has 0 aliphatic carbocycles. The van der Waals surface area contributed by atoms with E-state index < -0.39 is 5.82 Å². The molecule has 0 aromatic heterocycles. The number of piperazine rings is 1. The van der Waals surface area contributed by atoms with E-state index in [0.717, 1.165) is 11.1 Å². The number of amides is 2. The maximum Gasteiger partial charge on any atom is 0.254 e. The Hall–Kier alpha value is -2.40. The van der Waals surface area contributed by atoms with Gasteiger partial charge in [0.1, 0.15) is 5.82 Å². The minimum Gasteiger partial charge on any atom is -0.339 e. The van der Waals surface area contributed by atoms with Crippen LogP contribution in [0, 0.1) is 12.7 Å². The Morgan fingerprint density at radius 2 is 1.69 bits per heavy atom. The van der Waals surface area contributed by atoms with E-state index >= 15 is 0 Å². The summed E-state index contributed by atoms with van der Waals surface area (Å²) in [5, 5.41) is -0.0668. The molecule has 26 heavy (non-hydrogen) atoms. The summed E-state index contributed by atoms with van der Waals surface area (Å²) in [6, 6.07) is 11.8. The molecular formula is C20H20ClFN2O2. The molecule has 0 spiro atoms. The zero-order valence-corrected chi connectivity index (χ0v) is 15.3. The number of carbonyl (C=O) groups excluding carboxylic acids is 2. The smallest absolute Gasteiger partial charge is 0.254 e. The van der Waals surface area contributed by atoms with Gasteiger partial charge < -0.3 is 9.80 Å². The van der Waals surface area contributed by atoms with E-state index in [1.54, 1.807) is 9.80 Å². The Balaban J connectivity index is 1.58. The topological polar surface area (TPSA) is 40.6 Å². The van der Waals surface area contributed by atoms with Crippen molar-refractivity contribution in [1.29, 1.82) is 0 Å². The molecule has 6 heteroatoms. The molecule has 2 aromatic carbocycles. The van der Waals surface area contributed by atoms with Crippen LogP contribution in [0.5, 0.6) is 0 Å². The number of benzene rings is 2. The fraction of sp³-hybridized carbons (Fsp3) is 0.300. The van der Waals surface area contributed by atoms with E-state index in [9.17, 15) is 14.0 Å². The first-order valence-corrected chi connectivity index (χ1v) is 8.90. The summed E-state index contributed by atoms with van der Waals surface area (Å²) < 4.78 is 13.3. The maximum absolute atomic E-state index is 13.3. The van der Waals surface area contributed by atoms with Crippen molar-refractivity contribution < 1.29 is 14.0 Å². The highest BCUT2D eigenvalue weighted by Gasteiger charge is 2.25. The average Bonchev–Trinajstić information content (AvgIpc) is 2.65. The summed E-state index contributed by atoms with van der Waals surface area (Å²) in [4.78, 5) is 28.5. The molecule has 0 saturated carbocycles. The molecule has 0 unspecified atom stereocenters. The molecule has 1 aliphatic heterocycles. The first-order valence-electron chi connectivity index (χ1n) is 8.52. The lowest BCUT2D eigenvalue weighted by Gasteiger charge is -2.35. The van der Waals surface area contributed by atoms with Crippen LogP contribution in [0.25, 0.3) is 0 Å². The molecule has 1 heterocycles. The van der Waals surface area contributed by atoms with Gasteiger partial charge in [-0.1, -0.05) is 35.9 Å². The highest BCUT2D eigenvalue weighted by molar-refractivity contribution is 6.31. The van der Waals surface area contributed by atoms with Gasteiger partial charge in [-0.05, 0) is 36.2 Å². The number of hydrogen-bond acceptors (Lipinski definition) is 2. The van der Waals surface area contributed by atoms with Crippen molar-refractivity contribution in [3.63, 3.8) is 0 Å². The predicted molar refractivity (Wildman–Crippen MR) is 98.8 cm³/mol. The van der Waals surface area contributed by atoms with Gasteiger partial charge in [-0.15, -0.1) is 0 Å². The highest BCUT2D eigenvalue weighted by atomic mass is 35.5. The fourth-order valence-electron chi connectivity index (χ4n) is 3.05. The lowest BCUT2D eigenvalue weighted by Crippen LogP contribution is -2.51. The predicted octanol–water partition coefficient (Wildman–Crippen LogP) is 3.31. The van der Waals surface area contributed by atoms with Crippen LogP contribution in [-0.4, -0.2) is 47.8 Å². The van der Waals surface area contributed by atoms with E-state index in [1.807, 2.05) is 31.2 Å². The molecule has 0 atom stereocenters. The SMILES string of the molecule is Cc1ccccc1CC(=O)N1CCN(C(=O)c2ccc(F)c(Cl)c2)CC1. The Morgan fingerprint density at radius 1 is 1.04 bits per heavy atom. The number of carbonyl (C=O) groups is 2. The zero-order chi connectivity index (χ0) is 18.7. The third-order valence-corrected chi connectivity index (χ3v) is 4.98. The van der Waals surface area contributed by atoms with Crippen LogP contribution >= 0.6 is 11.6 Å². The highest BCUT2D eigenvalue weighted by Crippen LogP contribution is 2.18. The second-order valence-electron chi connectivity index (χ2n) is 6.41. The third-order valence-electron chi connectivity index (χ3n) is 4.69. The van der Waals surface area contributed by atoms with Gasteiger partial charge in [0.2, 0.25) is 5.91 Å². The number of halogens is 2. The lowest BCUT2D eigenvalue weighted by molar-refractivity contribution is -0.131. The van der Waals surface area contributed by atoms with Gasteiger partial charge >= 0.3 is 0 Å². The summed E-state index contributed by atoms with van der Waals surface area (Å²) in [7, 11) is 0. The van der Waals surface area contributed by atoms with Gasteiger partial charge in [-0.3, -0.25) is 9.59 Å². The van der Waals surface area contributed by atoms with Crippen LogP contribution in [0.1, 0.15) is 21.5 Å².